The van der Waals surface area contributed by atoms with E-state index in [2.05, 4.69) is 97.2 Å². The molecule has 22 heavy (non-hydrogen) atoms. The molecule has 0 heterocycles. The summed E-state index contributed by atoms with van der Waals surface area (Å²) in [7, 11) is 0. The fraction of sp³-hybridized carbons (Fsp3) is 0.143. The average Bonchev–Trinajstić information content (AvgIpc) is 2.61. The van der Waals surface area contributed by atoms with Crippen molar-refractivity contribution >= 4 is 0 Å². The fourth-order valence-electron chi connectivity index (χ4n) is 2.62. The second kappa shape index (κ2) is 7.06. The minimum atomic E-state index is 0.349. The highest BCUT2D eigenvalue weighted by Gasteiger charge is 2.04. The highest BCUT2D eigenvalue weighted by Crippen LogP contribution is 2.20. The molecule has 3 aromatic rings. The zero-order valence-electron chi connectivity index (χ0n) is 12.9. The lowest BCUT2D eigenvalue weighted by Crippen LogP contribution is -2.17. The number of hydrogen-bond donors (Lipinski definition) is 1. The Morgan fingerprint density at radius 2 is 1.36 bits per heavy atom. The van der Waals surface area contributed by atoms with Crippen LogP contribution >= 0.6 is 0 Å². The van der Waals surface area contributed by atoms with E-state index >= 15 is 0 Å². The molecule has 0 saturated heterocycles. The van der Waals surface area contributed by atoms with Crippen LogP contribution in [0.2, 0.25) is 0 Å². The van der Waals surface area contributed by atoms with E-state index < -0.39 is 0 Å². The second-order valence-corrected chi connectivity index (χ2v) is 5.58. The molecule has 1 atom stereocenters. The maximum Gasteiger partial charge on any atom is 0.0294 e. The zero-order chi connectivity index (χ0) is 15.2. The monoisotopic (exact) mass is 287 g/mol. The van der Waals surface area contributed by atoms with Crippen molar-refractivity contribution in [2.75, 3.05) is 0 Å². The van der Waals surface area contributed by atoms with Crippen LogP contribution in [0.15, 0.2) is 84.9 Å². The first-order valence-electron chi connectivity index (χ1n) is 7.75. The molecule has 110 valence electrons. The van der Waals surface area contributed by atoms with Crippen LogP contribution < -0.4 is 5.32 Å². The summed E-state index contributed by atoms with van der Waals surface area (Å²) >= 11 is 0. The standard InChI is InChI=1S/C21H21N/c1-17(19-10-4-2-5-11-19)22-16-18-9-8-14-21(15-18)20-12-6-3-7-13-20/h2-15,17,22H,16H2,1H3/t17-/m1/s1. The molecule has 3 aromatic carbocycles. The molecule has 1 N–H and O–H groups in total. The first-order valence-corrected chi connectivity index (χ1v) is 7.75. The van der Waals surface area contributed by atoms with Crippen molar-refractivity contribution in [3.8, 4) is 11.1 Å². The number of nitrogens with one attached hydrogen (secondary N) is 1. The van der Waals surface area contributed by atoms with Gasteiger partial charge in [0.05, 0.1) is 0 Å². The number of hydrogen-bond acceptors (Lipinski definition) is 1. The van der Waals surface area contributed by atoms with Crippen LogP contribution in [-0.4, -0.2) is 0 Å². The van der Waals surface area contributed by atoms with Crippen molar-refractivity contribution in [1.29, 1.82) is 0 Å². The summed E-state index contributed by atoms with van der Waals surface area (Å²) in [5, 5.41) is 3.59. The van der Waals surface area contributed by atoms with Crippen LogP contribution in [-0.2, 0) is 6.54 Å². The third-order valence-electron chi connectivity index (χ3n) is 3.95. The normalized spacial score (nSPS) is 12.0. The van der Waals surface area contributed by atoms with E-state index in [0.717, 1.165) is 6.54 Å². The van der Waals surface area contributed by atoms with Gasteiger partial charge in [-0.05, 0) is 35.2 Å². The Balaban J connectivity index is 1.69. The Bertz CT molecular complexity index is 704. The summed E-state index contributed by atoms with van der Waals surface area (Å²) in [5.74, 6) is 0. The molecule has 0 aromatic heterocycles. The van der Waals surface area contributed by atoms with Crippen LogP contribution in [0.5, 0.6) is 0 Å². The van der Waals surface area contributed by atoms with Gasteiger partial charge in [-0.3, -0.25) is 0 Å². The molecular formula is C21H21N. The largest absolute Gasteiger partial charge is 0.306 e. The van der Waals surface area contributed by atoms with E-state index in [0.29, 0.717) is 6.04 Å². The zero-order valence-corrected chi connectivity index (χ0v) is 12.9. The summed E-state index contributed by atoms with van der Waals surface area (Å²) in [5.41, 5.74) is 5.17. The van der Waals surface area contributed by atoms with Crippen LogP contribution in [0.4, 0.5) is 0 Å². The van der Waals surface area contributed by atoms with Gasteiger partial charge in [0.1, 0.15) is 0 Å². The number of benzene rings is 3. The van der Waals surface area contributed by atoms with E-state index in [9.17, 15) is 0 Å². The van der Waals surface area contributed by atoms with Gasteiger partial charge in [-0.15, -0.1) is 0 Å². The predicted octanol–water partition coefficient (Wildman–Crippen LogP) is 5.20. The van der Waals surface area contributed by atoms with Crippen LogP contribution in [0.1, 0.15) is 24.1 Å². The summed E-state index contributed by atoms with van der Waals surface area (Å²) in [6.07, 6.45) is 0. The summed E-state index contributed by atoms with van der Waals surface area (Å²) in [6, 6.07) is 30.2. The molecule has 0 aliphatic carbocycles. The second-order valence-electron chi connectivity index (χ2n) is 5.58. The molecule has 0 bridgehead atoms. The van der Waals surface area contributed by atoms with Crippen molar-refractivity contribution in [1.82, 2.24) is 5.32 Å². The minimum absolute atomic E-state index is 0.349. The maximum atomic E-state index is 3.59. The molecule has 0 saturated carbocycles. The van der Waals surface area contributed by atoms with Gasteiger partial charge in [-0.1, -0.05) is 78.9 Å². The minimum Gasteiger partial charge on any atom is -0.306 e. The van der Waals surface area contributed by atoms with Gasteiger partial charge in [-0.25, -0.2) is 0 Å². The first kappa shape index (κ1) is 14.6. The van der Waals surface area contributed by atoms with Gasteiger partial charge in [0, 0.05) is 12.6 Å². The maximum absolute atomic E-state index is 3.59. The van der Waals surface area contributed by atoms with Crippen LogP contribution in [0, 0.1) is 0 Å². The Morgan fingerprint density at radius 1 is 0.727 bits per heavy atom. The molecule has 1 heteroatoms. The molecular weight excluding hydrogens is 266 g/mol. The predicted molar refractivity (Wildman–Crippen MR) is 93.6 cm³/mol. The molecule has 0 radical (unpaired) electrons. The van der Waals surface area contributed by atoms with E-state index in [-0.39, 0.29) is 0 Å². The lowest BCUT2D eigenvalue weighted by molar-refractivity contribution is 0.575. The Hall–Kier alpha value is -2.38. The molecule has 1 nitrogen and oxygen atoms in total. The number of rotatable bonds is 5. The Labute approximate surface area is 132 Å². The van der Waals surface area contributed by atoms with Crippen molar-refractivity contribution in [3.05, 3.63) is 96.1 Å². The SMILES string of the molecule is C[C@@H](NCc1cccc(-c2ccccc2)c1)c1ccccc1. The fourth-order valence-corrected chi connectivity index (χ4v) is 2.62. The smallest absolute Gasteiger partial charge is 0.0294 e. The topological polar surface area (TPSA) is 12.0 Å². The van der Waals surface area contributed by atoms with E-state index in [1.54, 1.807) is 0 Å². The Morgan fingerprint density at radius 3 is 2.09 bits per heavy atom. The van der Waals surface area contributed by atoms with Crippen LogP contribution in [0.25, 0.3) is 11.1 Å². The van der Waals surface area contributed by atoms with Gasteiger partial charge in [0.2, 0.25) is 0 Å². The van der Waals surface area contributed by atoms with Gasteiger partial charge in [0.25, 0.3) is 0 Å². The van der Waals surface area contributed by atoms with Gasteiger partial charge in [0.15, 0.2) is 0 Å². The van der Waals surface area contributed by atoms with Crippen molar-refractivity contribution < 1.29 is 0 Å². The average molecular weight is 287 g/mol. The van der Waals surface area contributed by atoms with E-state index in [1.165, 1.54) is 22.3 Å². The van der Waals surface area contributed by atoms with Crippen molar-refractivity contribution in [2.24, 2.45) is 0 Å². The highest BCUT2D eigenvalue weighted by atomic mass is 14.9. The Kier molecular flexibility index (Phi) is 4.67. The third-order valence-corrected chi connectivity index (χ3v) is 3.95. The quantitative estimate of drug-likeness (QED) is 0.679. The molecule has 0 amide bonds. The van der Waals surface area contributed by atoms with Crippen molar-refractivity contribution in [3.63, 3.8) is 0 Å². The van der Waals surface area contributed by atoms with Gasteiger partial charge in [-0.2, -0.15) is 0 Å². The molecule has 0 aliphatic rings. The third kappa shape index (κ3) is 3.63. The highest BCUT2D eigenvalue weighted by molar-refractivity contribution is 5.63. The van der Waals surface area contributed by atoms with Gasteiger partial charge >= 0.3 is 0 Å². The summed E-state index contributed by atoms with van der Waals surface area (Å²) in [6.45, 7) is 3.08. The molecule has 0 aliphatic heterocycles. The summed E-state index contributed by atoms with van der Waals surface area (Å²) in [4.78, 5) is 0. The molecule has 3 rings (SSSR count). The molecule has 0 spiro atoms. The van der Waals surface area contributed by atoms with E-state index in [4.69, 9.17) is 0 Å². The van der Waals surface area contributed by atoms with E-state index in [1.807, 2.05) is 0 Å². The lowest BCUT2D eigenvalue weighted by Gasteiger charge is -2.14. The molecule has 0 unspecified atom stereocenters. The lowest BCUT2D eigenvalue weighted by atomic mass is 10.0. The van der Waals surface area contributed by atoms with Crippen LogP contribution in [0.3, 0.4) is 0 Å². The first-order chi connectivity index (χ1) is 10.8. The van der Waals surface area contributed by atoms with Crippen molar-refractivity contribution in [2.45, 2.75) is 19.5 Å². The van der Waals surface area contributed by atoms with Gasteiger partial charge < -0.3 is 5.32 Å². The summed E-state index contributed by atoms with van der Waals surface area (Å²) < 4.78 is 0. The molecule has 0 fully saturated rings.